The van der Waals surface area contributed by atoms with Crippen molar-refractivity contribution in [2.24, 2.45) is 11.8 Å². The Labute approximate surface area is 109 Å². The SMILES string of the molecule is CC1(CCC(C#N)C2CCC(O)CC2)OCCO1. The van der Waals surface area contributed by atoms with Crippen molar-refractivity contribution in [2.45, 2.75) is 57.3 Å². The van der Waals surface area contributed by atoms with Crippen LogP contribution in [0.25, 0.3) is 0 Å². The van der Waals surface area contributed by atoms with Crippen molar-refractivity contribution in [1.82, 2.24) is 0 Å². The van der Waals surface area contributed by atoms with Gasteiger partial charge in [0.05, 0.1) is 25.4 Å². The van der Waals surface area contributed by atoms with Gasteiger partial charge in [-0.2, -0.15) is 5.26 Å². The van der Waals surface area contributed by atoms with Crippen molar-refractivity contribution >= 4 is 0 Å². The highest BCUT2D eigenvalue weighted by molar-refractivity contribution is 4.91. The molecule has 0 aromatic rings. The van der Waals surface area contributed by atoms with Gasteiger partial charge in [-0.1, -0.05) is 0 Å². The molecule has 4 nitrogen and oxygen atoms in total. The lowest BCUT2D eigenvalue weighted by Gasteiger charge is -2.30. The lowest BCUT2D eigenvalue weighted by atomic mass is 9.77. The number of hydrogen-bond donors (Lipinski definition) is 1. The molecule has 1 heterocycles. The van der Waals surface area contributed by atoms with E-state index in [2.05, 4.69) is 6.07 Å². The molecule has 1 saturated heterocycles. The number of hydrogen-bond acceptors (Lipinski definition) is 4. The first-order chi connectivity index (χ1) is 8.63. The summed E-state index contributed by atoms with van der Waals surface area (Å²) in [7, 11) is 0. The summed E-state index contributed by atoms with van der Waals surface area (Å²) in [4.78, 5) is 0. The van der Waals surface area contributed by atoms with Crippen LogP contribution in [0.1, 0.15) is 45.4 Å². The standard InChI is InChI=1S/C14H23NO3/c1-14(17-8-9-18-14)7-6-12(10-15)11-2-4-13(16)5-3-11/h11-13,16H,2-9H2,1H3. The van der Waals surface area contributed by atoms with Gasteiger partial charge in [0.2, 0.25) is 0 Å². The van der Waals surface area contributed by atoms with E-state index in [0.717, 1.165) is 38.5 Å². The molecule has 1 atom stereocenters. The van der Waals surface area contributed by atoms with Gasteiger partial charge < -0.3 is 14.6 Å². The second-order valence-electron chi connectivity index (χ2n) is 5.67. The molecule has 102 valence electrons. The Morgan fingerprint density at radius 1 is 1.28 bits per heavy atom. The molecule has 1 aliphatic heterocycles. The number of aliphatic hydroxyl groups is 1. The summed E-state index contributed by atoms with van der Waals surface area (Å²) in [6.45, 7) is 3.27. The van der Waals surface area contributed by atoms with Crippen LogP contribution in [0, 0.1) is 23.2 Å². The minimum Gasteiger partial charge on any atom is -0.393 e. The zero-order chi connectivity index (χ0) is 13.0. The topological polar surface area (TPSA) is 62.5 Å². The number of nitriles is 1. The minimum atomic E-state index is -0.483. The van der Waals surface area contributed by atoms with Crippen LogP contribution in [0.3, 0.4) is 0 Å². The van der Waals surface area contributed by atoms with Crippen LogP contribution in [0.4, 0.5) is 0 Å². The fraction of sp³-hybridized carbons (Fsp3) is 0.929. The molecular weight excluding hydrogens is 230 g/mol. The van der Waals surface area contributed by atoms with E-state index >= 15 is 0 Å². The molecule has 2 aliphatic rings. The van der Waals surface area contributed by atoms with E-state index in [1.165, 1.54) is 0 Å². The Morgan fingerprint density at radius 3 is 2.44 bits per heavy atom. The summed E-state index contributed by atoms with van der Waals surface area (Å²) in [5.41, 5.74) is 0. The minimum absolute atomic E-state index is 0.0714. The molecule has 2 fully saturated rings. The van der Waals surface area contributed by atoms with Gasteiger partial charge in [-0.05, 0) is 44.9 Å². The highest BCUT2D eigenvalue weighted by atomic mass is 16.7. The van der Waals surface area contributed by atoms with E-state index in [0.29, 0.717) is 19.1 Å². The maximum atomic E-state index is 9.50. The highest BCUT2D eigenvalue weighted by Crippen LogP contribution is 2.35. The van der Waals surface area contributed by atoms with Crippen LogP contribution in [-0.2, 0) is 9.47 Å². The molecule has 1 aliphatic carbocycles. The molecule has 0 aromatic carbocycles. The van der Waals surface area contributed by atoms with Crippen molar-refractivity contribution in [3.8, 4) is 6.07 Å². The zero-order valence-corrected chi connectivity index (χ0v) is 11.1. The Hall–Kier alpha value is -0.630. The number of aliphatic hydroxyl groups excluding tert-OH is 1. The zero-order valence-electron chi connectivity index (χ0n) is 11.1. The first-order valence-corrected chi connectivity index (χ1v) is 6.98. The lowest BCUT2D eigenvalue weighted by Crippen LogP contribution is -2.29. The maximum absolute atomic E-state index is 9.50. The monoisotopic (exact) mass is 253 g/mol. The molecule has 18 heavy (non-hydrogen) atoms. The number of rotatable bonds is 4. The number of ether oxygens (including phenoxy) is 2. The third-order valence-electron chi connectivity index (χ3n) is 4.28. The van der Waals surface area contributed by atoms with Gasteiger partial charge >= 0.3 is 0 Å². The van der Waals surface area contributed by atoms with Crippen LogP contribution >= 0.6 is 0 Å². The Morgan fingerprint density at radius 2 is 1.89 bits per heavy atom. The van der Waals surface area contributed by atoms with Gasteiger partial charge in [0.1, 0.15) is 0 Å². The fourth-order valence-electron chi connectivity index (χ4n) is 3.03. The summed E-state index contributed by atoms with van der Waals surface area (Å²) in [6, 6.07) is 2.44. The molecule has 0 bridgehead atoms. The van der Waals surface area contributed by atoms with E-state index in [4.69, 9.17) is 9.47 Å². The van der Waals surface area contributed by atoms with Gasteiger partial charge in [0, 0.05) is 12.3 Å². The Kier molecular flexibility index (Phi) is 4.60. The number of nitrogens with zero attached hydrogens (tertiary/aromatic N) is 1. The van der Waals surface area contributed by atoms with Crippen molar-refractivity contribution in [3.05, 3.63) is 0 Å². The van der Waals surface area contributed by atoms with Crippen LogP contribution in [0.5, 0.6) is 0 Å². The first kappa shape index (κ1) is 13.8. The second kappa shape index (κ2) is 6.01. The van der Waals surface area contributed by atoms with Crippen molar-refractivity contribution in [3.63, 3.8) is 0 Å². The highest BCUT2D eigenvalue weighted by Gasteiger charge is 2.33. The summed E-state index contributed by atoms with van der Waals surface area (Å²) in [5.74, 6) is 0.0223. The molecule has 1 saturated carbocycles. The smallest absolute Gasteiger partial charge is 0.165 e. The Balaban J connectivity index is 1.80. The summed E-state index contributed by atoms with van der Waals surface area (Å²) < 4.78 is 11.1. The molecule has 1 unspecified atom stereocenters. The van der Waals surface area contributed by atoms with E-state index < -0.39 is 5.79 Å². The van der Waals surface area contributed by atoms with Gasteiger partial charge in [-0.3, -0.25) is 0 Å². The van der Waals surface area contributed by atoms with Gasteiger partial charge in [0.15, 0.2) is 5.79 Å². The third-order valence-corrected chi connectivity index (χ3v) is 4.28. The quantitative estimate of drug-likeness (QED) is 0.834. The van der Waals surface area contributed by atoms with Crippen molar-refractivity contribution < 1.29 is 14.6 Å². The average molecular weight is 253 g/mol. The van der Waals surface area contributed by atoms with Crippen LogP contribution < -0.4 is 0 Å². The Bertz CT molecular complexity index is 299. The second-order valence-corrected chi connectivity index (χ2v) is 5.67. The molecule has 0 spiro atoms. The van der Waals surface area contributed by atoms with E-state index in [9.17, 15) is 10.4 Å². The third kappa shape index (κ3) is 3.44. The van der Waals surface area contributed by atoms with Crippen LogP contribution in [0.15, 0.2) is 0 Å². The normalized spacial score (nSPS) is 32.9. The van der Waals surface area contributed by atoms with E-state index in [1.807, 2.05) is 6.92 Å². The first-order valence-electron chi connectivity index (χ1n) is 6.98. The van der Waals surface area contributed by atoms with Crippen LogP contribution in [0.2, 0.25) is 0 Å². The molecule has 4 heteroatoms. The molecule has 0 radical (unpaired) electrons. The summed E-state index contributed by atoms with van der Waals surface area (Å²) in [5, 5.41) is 18.8. The van der Waals surface area contributed by atoms with Gasteiger partial charge in [0.25, 0.3) is 0 Å². The summed E-state index contributed by atoms with van der Waals surface area (Å²) >= 11 is 0. The average Bonchev–Trinajstić information content (AvgIpc) is 2.79. The lowest BCUT2D eigenvalue weighted by molar-refractivity contribution is -0.149. The van der Waals surface area contributed by atoms with Crippen LogP contribution in [-0.4, -0.2) is 30.2 Å². The van der Waals surface area contributed by atoms with Crippen molar-refractivity contribution in [1.29, 1.82) is 5.26 Å². The largest absolute Gasteiger partial charge is 0.393 e. The molecule has 0 amide bonds. The van der Waals surface area contributed by atoms with E-state index in [1.54, 1.807) is 0 Å². The predicted octanol–water partition coefficient (Wildman–Crippen LogP) is 2.22. The molecule has 2 rings (SSSR count). The van der Waals surface area contributed by atoms with Crippen molar-refractivity contribution in [2.75, 3.05) is 13.2 Å². The molecule has 0 aromatic heterocycles. The summed E-state index contributed by atoms with van der Waals surface area (Å²) in [6.07, 6.45) is 5.08. The van der Waals surface area contributed by atoms with Gasteiger partial charge in [-0.15, -0.1) is 0 Å². The van der Waals surface area contributed by atoms with E-state index in [-0.39, 0.29) is 12.0 Å². The predicted molar refractivity (Wildman–Crippen MR) is 66.6 cm³/mol. The van der Waals surface area contributed by atoms with Gasteiger partial charge in [-0.25, -0.2) is 0 Å². The molecule has 1 N–H and O–H groups in total. The fourth-order valence-corrected chi connectivity index (χ4v) is 3.03. The molecular formula is C14H23NO3. The maximum Gasteiger partial charge on any atom is 0.165 e.